The second-order valence-corrected chi connectivity index (χ2v) is 2.30. The number of rotatable bonds is 4. The van der Waals surface area contributed by atoms with Gasteiger partial charge in [-0.15, -0.1) is 0 Å². The second-order valence-electron chi connectivity index (χ2n) is 2.30. The molecule has 0 aromatic carbocycles. The zero-order valence-corrected chi connectivity index (χ0v) is 6.70. The Bertz CT molecular complexity index is 187. The van der Waals surface area contributed by atoms with Crippen LogP contribution in [0.2, 0.25) is 0 Å². The van der Waals surface area contributed by atoms with Crippen LogP contribution in [0.25, 0.3) is 0 Å². The van der Waals surface area contributed by atoms with Gasteiger partial charge in [0.15, 0.2) is 0 Å². The number of hydrogen-bond donors (Lipinski definition) is 1. The van der Waals surface area contributed by atoms with Crippen molar-refractivity contribution in [1.29, 1.82) is 0 Å². The highest BCUT2D eigenvalue weighted by Gasteiger charge is 1.96. The first-order chi connectivity index (χ1) is 5.07. The van der Waals surface area contributed by atoms with Gasteiger partial charge in [0.1, 0.15) is 0 Å². The molecule has 4 heteroatoms. The molecule has 0 saturated heterocycles. The molecule has 0 heterocycles. The summed E-state index contributed by atoms with van der Waals surface area (Å²) in [5.41, 5.74) is 5.42. The molecule has 0 aliphatic carbocycles. The van der Waals surface area contributed by atoms with Gasteiger partial charge in [-0.2, -0.15) is 0 Å². The number of carbonyl (C=O) groups excluding carboxylic acids is 2. The topological polar surface area (TPSA) is 63.4 Å². The van der Waals surface area contributed by atoms with Crippen LogP contribution in [0.5, 0.6) is 0 Å². The van der Waals surface area contributed by atoms with Crippen molar-refractivity contribution in [2.24, 2.45) is 5.73 Å². The largest absolute Gasteiger partial charge is 0.366 e. The van der Waals surface area contributed by atoms with Gasteiger partial charge in [-0.1, -0.05) is 6.08 Å². The maximum atomic E-state index is 10.4. The van der Waals surface area contributed by atoms with Gasteiger partial charge in [0.25, 0.3) is 0 Å². The molecule has 2 amide bonds. The van der Waals surface area contributed by atoms with Crippen LogP contribution in [0.3, 0.4) is 0 Å². The first-order valence-electron chi connectivity index (χ1n) is 3.20. The summed E-state index contributed by atoms with van der Waals surface area (Å²) < 4.78 is 0. The van der Waals surface area contributed by atoms with E-state index in [2.05, 4.69) is 0 Å². The Kier molecular flexibility index (Phi) is 3.95. The third-order valence-electron chi connectivity index (χ3n) is 1.25. The molecule has 0 aliphatic heterocycles. The molecule has 0 aromatic rings. The minimum absolute atomic E-state index is 0.415. The quantitative estimate of drug-likeness (QED) is 0.441. The van der Waals surface area contributed by atoms with Gasteiger partial charge >= 0.3 is 0 Å². The van der Waals surface area contributed by atoms with Crippen LogP contribution in [0.15, 0.2) is 11.6 Å². The van der Waals surface area contributed by atoms with Gasteiger partial charge in [-0.25, -0.2) is 0 Å². The van der Waals surface area contributed by atoms with Crippen molar-refractivity contribution in [3.63, 3.8) is 0 Å². The van der Waals surface area contributed by atoms with Crippen molar-refractivity contribution >= 4 is 12.3 Å². The van der Waals surface area contributed by atoms with E-state index in [0.29, 0.717) is 18.5 Å². The maximum absolute atomic E-state index is 10.4. The molecule has 0 saturated carbocycles. The lowest BCUT2D eigenvalue weighted by Gasteiger charge is -2.05. The molecule has 0 aliphatic rings. The van der Waals surface area contributed by atoms with E-state index in [1.54, 1.807) is 20.0 Å². The third kappa shape index (κ3) is 4.13. The Balaban J connectivity index is 3.91. The Labute approximate surface area is 65.7 Å². The molecule has 0 radical (unpaired) electrons. The lowest BCUT2D eigenvalue weighted by Crippen LogP contribution is -2.18. The predicted octanol–water partition coefficient (Wildman–Crippen LogP) is -0.494. The molecule has 2 N–H and O–H groups in total. The predicted molar refractivity (Wildman–Crippen MR) is 41.6 cm³/mol. The highest BCUT2D eigenvalue weighted by molar-refractivity contribution is 5.91. The summed E-state index contributed by atoms with van der Waals surface area (Å²) in [7, 11) is 1.62. The first kappa shape index (κ1) is 9.68. The highest BCUT2D eigenvalue weighted by Crippen LogP contribution is 1.89. The molecule has 11 heavy (non-hydrogen) atoms. The van der Waals surface area contributed by atoms with Crippen molar-refractivity contribution in [3.8, 4) is 0 Å². The molecule has 4 nitrogen and oxygen atoms in total. The van der Waals surface area contributed by atoms with E-state index in [0.717, 1.165) is 0 Å². The number of primary amides is 1. The zero-order valence-electron chi connectivity index (χ0n) is 6.70. The summed E-state index contributed by atoms with van der Waals surface area (Å²) in [6.07, 6.45) is 2.29. The molecular formula is C7H12N2O2. The van der Waals surface area contributed by atoms with Crippen LogP contribution in [0.1, 0.15) is 6.92 Å². The SMILES string of the molecule is C/C(=C\CN(C)C=O)C(N)=O. The minimum atomic E-state index is -0.454. The van der Waals surface area contributed by atoms with Gasteiger partial charge in [-0.3, -0.25) is 9.59 Å². The van der Waals surface area contributed by atoms with Gasteiger partial charge < -0.3 is 10.6 Å². The van der Waals surface area contributed by atoms with Gasteiger partial charge in [0.05, 0.1) is 0 Å². The van der Waals surface area contributed by atoms with Crippen molar-refractivity contribution in [1.82, 2.24) is 4.90 Å². The zero-order chi connectivity index (χ0) is 8.85. The van der Waals surface area contributed by atoms with Gasteiger partial charge in [0.2, 0.25) is 12.3 Å². The summed E-state index contributed by atoms with van der Waals surface area (Å²) in [5, 5.41) is 0. The van der Waals surface area contributed by atoms with E-state index in [4.69, 9.17) is 5.73 Å². The number of likely N-dealkylation sites (N-methyl/N-ethyl adjacent to an activating group) is 1. The second kappa shape index (κ2) is 4.49. The molecule has 0 aromatic heterocycles. The molecule has 0 rings (SSSR count). The van der Waals surface area contributed by atoms with Crippen molar-refractivity contribution in [2.75, 3.05) is 13.6 Å². The number of nitrogens with zero attached hydrogens (tertiary/aromatic N) is 1. The number of carbonyl (C=O) groups is 2. The van der Waals surface area contributed by atoms with Crippen LogP contribution in [0.4, 0.5) is 0 Å². The molecule has 0 bridgehead atoms. The van der Waals surface area contributed by atoms with Crippen molar-refractivity contribution in [2.45, 2.75) is 6.92 Å². The van der Waals surface area contributed by atoms with Crippen molar-refractivity contribution in [3.05, 3.63) is 11.6 Å². The summed E-state index contributed by atoms with van der Waals surface area (Å²) in [5.74, 6) is -0.454. The summed E-state index contributed by atoms with van der Waals surface area (Å²) in [6, 6.07) is 0. The maximum Gasteiger partial charge on any atom is 0.244 e. The number of nitrogens with two attached hydrogens (primary N) is 1. The molecule has 0 fully saturated rings. The summed E-state index contributed by atoms with van der Waals surface area (Å²) >= 11 is 0. The summed E-state index contributed by atoms with van der Waals surface area (Å²) in [6.45, 7) is 2.03. The highest BCUT2D eigenvalue weighted by atomic mass is 16.1. The van der Waals surface area contributed by atoms with Crippen LogP contribution in [0, 0.1) is 0 Å². The smallest absolute Gasteiger partial charge is 0.244 e. The summed E-state index contributed by atoms with van der Waals surface area (Å²) in [4.78, 5) is 21.9. The fourth-order valence-electron chi connectivity index (χ4n) is 0.425. The van der Waals surface area contributed by atoms with E-state index >= 15 is 0 Å². The van der Waals surface area contributed by atoms with Crippen molar-refractivity contribution < 1.29 is 9.59 Å². The minimum Gasteiger partial charge on any atom is -0.366 e. The number of amides is 2. The van der Waals surface area contributed by atoms with Gasteiger partial charge in [-0.05, 0) is 6.92 Å². The molecule has 0 spiro atoms. The lowest BCUT2D eigenvalue weighted by molar-refractivity contribution is -0.117. The lowest BCUT2D eigenvalue weighted by atomic mass is 10.3. The van der Waals surface area contributed by atoms with E-state index < -0.39 is 5.91 Å². The monoisotopic (exact) mass is 156 g/mol. The van der Waals surface area contributed by atoms with Crippen LogP contribution >= 0.6 is 0 Å². The van der Waals surface area contributed by atoms with E-state index in [9.17, 15) is 9.59 Å². The van der Waals surface area contributed by atoms with Crippen LogP contribution < -0.4 is 5.73 Å². The number of hydrogen-bond acceptors (Lipinski definition) is 2. The average molecular weight is 156 g/mol. The van der Waals surface area contributed by atoms with Crippen LogP contribution in [-0.2, 0) is 9.59 Å². The molecular weight excluding hydrogens is 144 g/mol. The Morgan fingerprint density at radius 1 is 1.64 bits per heavy atom. The van der Waals surface area contributed by atoms with E-state index in [1.807, 2.05) is 0 Å². The van der Waals surface area contributed by atoms with Crippen LogP contribution in [-0.4, -0.2) is 30.8 Å². The van der Waals surface area contributed by atoms with Gasteiger partial charge in [0, 0.05) is 19.2 Å². The molecule has 62 valence electrons. The third-order valence-corrected chi connectivity index (χ3v) is 1.25. The first-order valence-corrected chi connectivity index (χ1v) is 3.20. The molecule has 0 unspecified atom stereocenters. The Hall–Kier alpha value is -1.32. The standard InChI is InChI=1S/C7H12N2O2/c1-6(7(8)11)3-4-9(2)5-10/h3,5H,4H2,1-2H3,(H2,8,11)/b6-3+. The normalized spacial score (nSPS) is 10.9. The average Bonchev–Trinajstić information content (AvgIpc) is 1.99. The fraction of sp³-hybridized carbons (Fsp3) is 0.429. The fourth-order valence-corrected chi connectivity index (χ4v) is 0.425. The van der Waals surface area contributed by atoms with E-state index in [-0.39, 0.29) is 0 Å². The Morgan fingerprint density at radius 3 is 2.55 bits per heavy atom. The molecule has 0 atom stereocenters. The Morgan fingerprint density at radius 2 is 2.18 bits per heavy atom. The van der Waals surface area contributed by atoms with E-state index in [1.165, 1.54) is 4.90 Å².